The SMILES string of the molecule is COc1ccc(OCCNC(=O)[C@@H]2CC(=O)N[C@@H](Cc3c[nH]c4ccccc34)C(=O)N3CCC[C@@H]3COc3ccccc3C(=O)N2)cc1. The molecule has 1 aromatic heterocycles. The van der Waals surface area contributed by atoms with Crippen LogP contribution in [0.25, 0.3) is 10.9 Å². The number of nitrogens with one attached hydrogen (secondary N) is 4. The average Bonchev–Trinajstić information content (AvgIpc) is 3.75. The number of benzene rings is 3. The highest BCUT2D eigenvalue weighted by Crippen LogP contribution is 2.25. The second kappa shape index (κ2) is 14.9. The molecule has 0 bridgehead atoms. The predicted molar refractivity (Wildman–Crippen MR) is 178 cm³/mol. The number of carbonyl (C=O) groups is 4. The molecule has 2 aliphatic rings. The fourth-order valence-corrected chi connectivity index (χ4v) is 6.21. The van der Waals surface area contributed by atoms with Crippen LogP contribution in [0.1, 0.15) is 35.2 Å². The Bertz CT molecular complexity index is 1770. The number of hydrogen-bond donors (Lipinski definition) is 4. The summed E-state index contributed by atoms with van der Waals surface area (Å²) < 4.78 is 17.0. The molecule has 3 atom stereocenters. The molecule has 0 spiro atoms. The summed E-state index contributed by atoms with van der Waals surface area (Å²) >= 11 is 0. The maximum absolute atomic E-state index is 14.1. The number of carbonyl (C=O) groups excluding carboxylic acids is 4. The molecule has 3 aromatic carbocycles. The number of amides is 4. The topological polar surface area (TPSA) is 151 Å². The zero-order chi connectivity index (χ0) is 33.5. The van der Waals surface area contributed by atoms with E-state index in [0.717, 1.165) is 29.3 Å². The molecule has 0 radical (unpaired) electrons. The Morgan fingerprint density at radius 3 is 2.58 bits per heavy atom. The first-order valence-electron chi connectivity index (χ1n) is 16.1. The molecule has 0 saturated carbocycles. The van der Waals surface area contributed by atoms with Gasteiger partial charge in [0, 0.05) is 30.1 Å². The van der Waals surface area contributed by atoms with Crippen molar-refractivity contribution < 1.29 is 33.4 Å². The molecule has 0 unspecified atom stereocenters. The van der Waals surface area contributed by atoms with E-state index in [1.54, 1.807) is 60.5 Å². The van der Waals surface area contributed by atoms with Crippen molar-refractivity contribution in [3.8, 4) is 17.2 Å². The summed E-state index contributed by atoms with van der Waals surface area (Å²) in [4.78, 5) is 59.8. The number of para-hydroxylation sites is 2. The summed E-state index contributed by atoms with van der Waals surface area (Å²) in [5, 5.41) is 9.34. The fraction of sp³-hybridized carbons (Fsp3) is 0.333. The molecule has 1 saturated heterocycles. The first-order valence-corrected chi connectivity index (χ1v) is 16.1. The number of ether oxygens (including phenoxy) is 3. The Kier molecular flexibility index (Phi) is 10.1. The maximum Gasteiger partial charge on any atom is 0.255 e. The highest BCUT2D eigenvalue weighted by molar-refractivity contribution is 6.01. The lowest BCUT2D eigenvalue weighted by Crippen LogP contribution is -2.54. The minimum Gasteiger partial charge on any atom is -0.497 e. The normalized spacial score (nSPS) is 20.1. The van der Waals surface area contributed by atoms with Crippen LogP contribution in [0.2, 0.25) is 0 Å². The van der Waals surface area contributed by atoms with Gasteiger partial charge in [-0.05, 0) is 60.9 Å². The Morgan fingerprint density at radius 1 is 0.979 bits per heavy atom. The summed E-state index contributed by atoms with van der Waals surface area (Å²) in [7, 11) is 1.58. The quantitative estimate of drug-likeness (QED) is 0.214. The van der Waals surface area contributed by atoms with Gasteiger partial charge in [-0.1, -0.05) is 30.3 Å². The Hall–Kier alpha value is -5.52. The summed E-state index contributed by atoms with van der Waals surface area (Å²) in [6, 6.07) is 19.2. The number of aromatic amines is 1. The van der Waals surface area contributed by atoms with E-state index in [0.29, 0.717) is 23.8 Å². The van der Waals surface area contributed by atoms with E-state index in [9.17, 15) is 19.2 Å². The van der Waals surface area contributed by atoms with Gasteiger partial charge in [-0.3, -0.25) is 19.2 Å². The van der Waals surface area contributed by atoms with Crippen LogP contribution in [0.5, 0.6) is 17.2 Å². The van der Waals surface area contributed by atoms with Crippen molar-refractivity contribution in [2.24, 2.45) is 0 Å². The molecule has 4 amide bonds. The molecule has 6 rings (SSSR count). The van der Waals surface area contributed by atoms with Crippen molar-refractivity contribution in [2.75, 3.05) is 33.4 Å². The van der Waals surface area contributed by atoms with Crippen LogP contribution in [0.4, 0.5) is 0 Å². The standard InChI is InChI=1S/C36H39N5O7/c1-46-25-12-14-26(15-13-25)47-18-16-37-35(44)30-20-33(42)39-31(19-23-21-38-29-10-4-2-8-27(23)29)36(45)41-17-6-7-24(41)22-48-32-11-5-3-9-28(32)34(43)40-30/h2-5,8-15,21,24,30-31,38H,6-7,16-20,22H2,1H3,(H,37,44)(H,39,42)(H,40,43)/t24-,30+,31+/m1/s1. The van der Waals surface area contributed by atoms with Gasteiger partial charge in [0.1, 0.15) is 42.5 Å². The summed E-state index contributed by atoms with van der Waals surface area (Å²) in [5.74, 6) is -0.264. The zero-order valence-corrected chi connectivity index (χ0v) is 26.7. The van der Waals surface area contributed by atoms with Crippen molar-refractivity contribution in [1.82, 2.24) is 25.8 Å². The minimum atomic E-state index is -1.24. The number of nitrogens with zero attached hydrogens (tertiary/aromatic N) is 1. The van der Waals surface area contributed by atoms with Gasteiger partial charge < -0.3 is 40.0 Å². The third kappa shape index (κ3) is 7.54. The van der Waals surface area contributed by atoms with Crippen molar-refractivity contribution in [3.63, 3.8) is 0 Å². The van der Waals surface area contributed by atoms with Crippen LogP contribution < -0.4 is 30.2 Å². The summed E-state index contributed by atoms with van der Waals surface area (Å²) in [5.41, 5.74) is 2.03. The monoisotopic (exact) mass is 653 g/mol. The van der Waals surface area contributed by atoms with Crippen LogP contribution >= 0.6 is 0 Å². The Balaban J connectivity index is 1.22. The lowest BCUT2D eigenvalue weighted by molar-refractivity contribution is -0.138. The summed E-state index contributed by atoms with van der Waals surface area (Å²) in [6.45, 7) is 0.983. The van der Waals surface area contributed by atoms with E-state index in [4.69, 9.17) is 14.2 Å². The van der Waals surface area contributed by atoms with Gasteiger partial charge in [0.15, 0.2) is 0 Å². The van der Waals surface area contributed by atoms with Crippen molar-refractivity contribution in [1.29, 1.82) is 0 Å². The molecule has 4 N–H and O–H groups in total. The van der Waals surface area contributed by atoms with Gasteiger partial charge in [-0.15, -0.1) is 0 Å². The molecular weight excluding hydrogens is 614 g/mol. The minimum absolute atomic E-state index is 0.122. The number of aromatic nitrogens is 1. The number of H-pyrrole nitrogens is 1. The van der Waals surface area contributed by atoms with E-state index in [-0.39, 0.29) is 50.1 Å². The molecule has 250 valence electrons. The molecule has 3 heterocycles. The maximum atomic E-state index is 14.1. The first-order chi connectivity index (χ1) is 23.4. The molecule has 4 aromatic rings. The second-order valence-electron chi connectivity index (χ2n) is 11.9. The fourth-order valence-electron chi connectivity index (χ4n) is 6.21. The van der Waals surface area contributed by atoms with Crippen molar-refractivity contribution >= 4 is 34.5 Å². The molecule has 1 fully saturated rings. The zero-order valence-electron chi connectivity index (χ0n) is 26.7. The van der Waals surface area contributed by atoms with Crippen LogP contribution in [0.15, 0.2) is 79.0 Å². The summed E-state index contributed by atoms with van der Waals surface area (Å²) in [6.07, 6.45) is 3.23. The van der Waals surface area contributed by atoms with Crippen molar-refractivity contribution in [3.05, 3.63) is 90.1 Å². The van der Waals surface area contributed by atoms with E-state index < -0.39 is 29.8 Å². The van der Waals surface area contributed by atoms with Crippen LogP contribution in [0, 0.1) is 0 Å². The number of hydrogen-bond acceptors (Lipinski definition) is 7. The van der Waals surface area contributed by atoms with Gasteiger partial charge >= 0.3 is 0 Å². The van der Waals surface area contributed by atoms with E-state index >= 15 is 0 Å². The van der Waals surface area contributed by atoms with Gasteiger partial charge in [-0.2, -0.15) is 0 Å². The molecule has 12 nitrogen and oxygen atoms in total. The van der Waals surface area contributed by atoms with Crippen LogP contribution in [-0.2, 0) is 20.8 Å². The van der Waals surface area contributed by atoms with E-state index in [2.05, 4.69) is 20.9 Å². The molecular formula is C36H39N5O7. The number of fused-ring (bicyclic) bond motifs is 3. The van der Waals surface area contributed by atoms with Crippen LogP contribution in [0.3, 0.4) is 0 Å². The largest absolute Gasteiger partial charge is 0.497 e. The lowest BCUT2D eigenvalue weighted by atomic mass is 10.0. The third-order valence-corrected chi connectivity index (χ3v) is 8.70. The van der Waals surface area contributed by atoms with Gasteiger partial charge in [-0.25, -0.2) is 0 Å². The predicted octanol–water partition coefficient (Wildman–Crippen LogP) is 2.97. The molecule has 48 heavy (non-hydrogen) atoms. The van der Waals surface area contributed by atoms with Crippen molar-refractivity contribution in [2.45, 2.75) is 43.8 Å². The lowest BCUT2D eigenvalue weighted by Gasteiger charge is -2.30. The average molecular weight is 654 g/mol. The third-order valence-electron chi connectivity index (χ3n) is 8.70. The Labute approximate surface area is 278 Å². The number of methoxy groups -OCH3 is 1. The smallest absolute Gasteiger partial charge is 0.255 e. The Morgan fingerprint density at radius 2 is 1.75 bits per heavy atom. The highest BCUT2D eigenvalue weighted by atomic mass is 16.5. The van der Waals surface area contributed by atoms with E-state index in [1.165, 1.54) is 0 Å². The van der Waals surface area contributed by atoms with Crippen LogP contribution in [-0.4, -0.2) is 85.1 Å². The first kappa shape index (κ1) is 32.4. The van der Waals surface area contributed by atoms with Gasteiger partial charge in [0.2, 0.25) is 17.7 Å². The van der Waals surface area contributed by atoms with Gasteiger partial charge in [0.05, 0.1) is 31.7 Å². The highest BCUT2D eigenvalue weighted by Gasteiger charge is 2.36. The molecule has 2 aliphatic heterocycles. The molecule has 0 aliphatic carbocycles. The van der Waals surface area contributed by atoms with Gasteiger partial charge in [0.25, 0.3) is 5.91 Å². The second-order valence-corrected chi connectivity index (χ2v) is 11.9. The van der Waals surface area contributed by atoms with E-state index in [1.807, 2.05) is 30.5 Å². The number of rotatable bonds is 8. The molecule has 12 heteroatoms.